The van der Waals surface area contributed by atoms with Gasteiger partial charge in [-0.2, -0.15) is 0 Å². The minimum absolute atomic E-state index is 0.295. The van der Waals surface area contributed by atoms with Crippen LogP contribution in [0.5, 0.6) is 0 Å². The molecule has 162 valence electrons. The van der Waals surface area contributed by atoms with Crippen LogP contribution in [0.2, 0.25) is 0 Å². The summed E-state index contributed by atoms with van der Waals surface area (Å²) in [5, 5.41) is 2.44. The van der Waals surface area contributed by atoms with Crippen molar-refractivity contribution in [1.82, 2.24) is 24.9 Å². The predicted molar refractivity (Wildman–Crippen MR) is 113 cm³/mol. The molecule has 1 aromatic carbocycles. The van der Waals surface area contributed by atoms with Crippen molar-refractivity contribution in [3.63, 3.8) is 0 Å². The molecule has 2 unspecified atom stereocenters. The summed E-state index contributed by atoms with van der Waals surface area (Å²) in [6.45, 7) is 7.61. The lowest BCUT2D eigenvalue weighted by molar-refractivity contribution is -0.127. The molecule has 1 N–H and O–H groups in total. The number of nitrogens with zero attached hydrogens (tertiary/aromatic N) is 5. The summed E-state index contributed by atoms with van der Waals surface area (Å²) in [5.74, 6) is 0.491. The number of ether oxygens (including phenoxy) is 1. The van der Waals surface area contributed by atoms with Gasteiger partial charge in [0.05, 0.1) is 6.61 Å². The molecule has 0 bridgehead atoms. The van der Waals surface area contributed by atoms with Crippen LogP contribution in [0.1, 0.15) is 11.1 Å². The standard InChI is InChI=1S/C21H30N6O3/c1-15-6-4-5-7-16(15)14-25-8-10-26(11-9-25)20-22-18-17(27(20)12-13-30-3)19(28)23-21(29)24(18)2/h4-7,17-18H,8-14H2,1-3H3,(H,23,28,29). The molecule has 9 heteroatoms. The van der Waals surface area contributed by atoms with Gasteiger partial charge in [0.25, 0.3) is 5.91 Å². The van der Waals surface area contributed by atoms with Gasteiger partial charge >= 0.3 is 6.03 Å². The molecule has 3 aliphatic rings. The van der Waals surface area contributed by atoms with Gasteiger partial charge in [-0.1, -0.05) is 24.3 Å². The van der Waals surface area contributed by atoms with Crippen LogP contribution in [0.25, 0.3) is 0 Å². The summed E-state index contributed by atoms with van der Waals surface area (Å²) >= 11 is 0. The highest BCUT2D eigenvalue weighted by atomic mass is 16.5. The molecule has 3 amide bonds. The number of methoxy groups -OCH3 is 1. The molecule has 0 radical (unpaired) electrons. The van der Waals surface area contributed by atoms with E-state index in [0.717, 1.165) is 38.7 Å². The van der Waals surface area contributed by atoms with E-state index >= 15 is 0 Å². The Balaban J connectivity index is 1.46. The molecule has 0 saturated carbocycles. The zero-order valence-corrected chi connectivity index (χ0v) is 17.9. The largest absolute Gasteiger partial charge is 0.383 e. The highest BCUT2D eigenvalue weighted by Gasteiger charge is 2.49. The number of hydrogen-bond donors (Lipinski definition) is 1. The first-order chi connectivity index (χ1) is 14.5. The van der Waals surface area contributed by atoms with Gasteiger partial charge in [0.15, 0.2) is 18.2 Å². The van der Waals surface area contributed by atoms with Crippen molar-refractivity contribution in [2.45, 2.75) is 25.7 Å². The normalized spacial score (nSPS) is 24.8. The van der Waals surface area contributed by atoms with E-state index in [9.17, 15) is 9.59 Å². The molecule has 1 aromatic rings. The zero-order chi connectivity index (χ0) is 21.3. The molecule has 0 spiro atoms. The number of imide groups is 1. The molecule has 2 fully saturated rings. The number of likely N-dealkylation sites (N-methyl/N-ethyl adjacent to an activating group) is 1. The number of piperazine rings is 1. The predicted octanol–water partition coefficient (Wildman–Crippen LogP) is 0.307. The number of fused-ring (bicyclic) bond motifs is 1. The summed E-state index contributed by atoms with van der Waals surface area (Å²) < 4.78 is 5.26. The van der Waals surface area contributed by atoms with Gasteiger partial charge in [0, 0.05) is 53.4 Å². The maximum absolute atomic E-state index is 12.6. The summed E-state index contributed by atoms with van der Waals surface area (Å²) in [5.41, 5.74) is 2.67. The first kappa shape index (κ1) is 20.6. The van der Waals surface area contributed by atoms with Crippen molar-refractivity contribution in [3.05, 3.63) is 35.4 Å². The van der Waals surface area contributed by atoms with Crippen LogP contribution < -0.4 is 5.32 Å². The van der Waals surface area contributed by atoms with E-state index in [1.54, 1.807) is 14.2 Å². The molecule has 3 aliphatic heterocycles. The lowest BCUT2D eigenvalue weighted by Gasteiger charge is -2.40. The van der Waals surface area contributed by atoms with Crippen molar-refractivity contribution >= 4 is 17.9 Å². The Hall–Kier alpha value is -2.65. The Morgan fingerprint density at radius 1 is 1.17 bits per heavy atom. The first-order valence-electron chi connectivity index (χ1n) is 10.4. The lowest BCUT2D eigenvalue weighted by Crippen LogP contribution is -2.65. The minimum atomic E-state index is -0.511. The molecular weight excluding hydrogens is 384 g/mol. The monoisotopic (exact) mass is 414 g/mol. The Bertz CT molecular complexity index is 836. The number of carbonyl (C=O) groups excluding carboxylic acids is 2. The second-order valence-electron chi connectivity index (χ2n) is 8.07. The molecular formula is C21H30N6O3. The molecule has 3 heterocycles. The number of guanidine groups is 1. The summed E-state index contributed by atoms with van der Waals surface area (Å²) in [6, 6.07) is 7.58. The van der Waals surface area contributed by atoms with Crippen molar-refractivity contribution in [1.29, 1.82) is 0 Å². The Morgan fingerprint density at radius 3 is 2.60 bits per heavy atom. The quantitative estimate of drug-likeness (QED) is 0.747. The highest BCUT2D eigenvalue weighted by molar-refractivity contribution is 6.03. The number of amides is 3. The lowest BCUT2D eigenvalue weighted by atomic mass is 10.1. The van der Waals surface area contributed by atoms with E-state index in [4.69, 9.17) is 9.73 Å². The van der Waals surface area contributed by atoms with E-state index in [1.807, 2.05) is 4.90 Å². The summed E-state index contributed by atoms with van der Waals surface area (Å²) in [4.78, 5) is 37.6. The number of aliphatic imine (C=N–C) groups is 1. The molecule has 0 aliphatic carbocycles. The van der Waals surface area contributed by atoms with Gasteiger partial charge in [-0.3, -0.25) is 15.0 Å². The summed E-state index contributed by atoms with van der Waals surface area (Å²) in [7, 11) is 3.33. The second kappa shape index (κ2) is 8.61. The Morgan fingerprint density at radius 2 is 1.90 bits per heavy atom. The van der Waals surface area contributed by atoms with Gasteiger partial charge in [-0.05, 0) is 18.1 Å². The average molecular weight is 415 g/mol. The third-order valence-electron chi connectivity index (χ3n) is 6.19. The van der Waals surface area contributed by atoms with Gasteiger partial charge in [0.2, 0.25) is 0 Å². The topological polar surface area (TPSA) is 80.7 Å². The van der Waals surface area contributed by atoms with Crippen LogP contribution in [0.4, 0.5) is 4.79 Å². The third-order valence-corrected chi connectivity index (χ3v) is 6.19. The van der Waals surface area contributed by atoms with Crippen molar-refractivity contribution in [3.8, 4) is 0 Å². The molecule has 9 nitrogen and oxygen atoms in total. The number of benzene rings is 1. The third kappa shape index (κ3) is 3.87. The van der Waals surface area contributed by atoms with Crippen LogP contribution in [0.3, 0.4) is 0 Å². The molecule has 0 aromatic heterocycles. The minimum Gasteiger partial charge on any atom is -0.383 e. The van der Waals surface area contributed by atoms with Crippen molar-refractivity contribution in [2.75, 3.05) is 53.5 Å². The van der Waals surface area contributed by atoms with Crippen molar-refractivity contribution < 1.29 is 14.3 Å². The fourth-order valence-corrected chi connectivity index (χ4v) is 4.34. The number of rotatable bonds is 5. The average Bonchev–Trinajstić information content (AvgIpc) is 3.13. The zero-order valence-electron chi connectivity index (χ0n) is 17.9. The SMILES string of the molecule is COCCN1C(N2CCN(Cc3ccccc3C)CC2)=NC2C1C(=O)NC(=O)N2C. The van der Waals surface area contributed by atoms with Crippen molar-refractivity contribution in [2.24, 2.45) is 4.99 Å². The Kier molecular flexibility index (Phi) is 5.92. The number of urea groups is 1. The van der Waals surface area contributed by atoms with Crippen LogP contribution >= 0.6 is 0 Å². The number of nitrogens with one attached hydrogen (secondary N) is 1. The van der Waals surface area contributed by atoms with Crippen LogP contribution in [-0.4, -0.2) is 103 Å². The number of carbonyl (C=O) groups is 2. The molecule has 2 saturated heterocycles. The fourth-order valence-electron chi connectivity index (χ4n) is 4.34. The van der Waals surface area contributed by atoms with Crippen LogP contribution in [0, 0.1) is 6.92 Å². The highest BCUT2D eigenvalue weighted by Crippen LogP contribution is 2.26. The van der Waals surface area contributed by atoms with E-state index < -0.39 is 18.2 Å². The fraction of sp³-hybridized carbons (Fsp3) is 0.571. The second-order valence-corrected chi connectivity index (χ2v) is 8.07. The van der Waals surface area contributed by atoms with Gasteiger partial charge in [-0.25, -0.2) is 9.79 Å². The van der Waals surface area contributed by atoms with E-state index in [1.165, 1.54) is 16.0 Å². The molecule has 2 atom stereocenters. The van der Waals surface area contributed by atoms with Crippen LogP contribution in [0.15, 0.2) is 29.3 Å². The molecule has 4 rings (SSSR count). The number of aryl methyl sites for hydroxylation is 1. The maximum atomic E-state index is 12.6. The number of hydrogen-bond acceptors (Lipinski definition) is 7. The van der Waals surface area contributed by atoms with Crippen LogP contribution in [-0.2, 0) is 16.1 Å². The molecule has 30 heavy (non-hydrogen) atoms. The van der Waals surface area contributed by atoms with Gasteiger partial charge in [0.1, 0.15) is 0 Å². The van der Waals surface area contributed by atoms with Gasteiger partial charge in [-0.15, -0.1) is 0 Å². The maximum Gasteiger partial charge on any atom is 0.325 e. The van der Waals surface area contributed by atoms with E-state index in [0.29, 0.717) is 13.2 Å². The Labute approximate surface area is 177 Å². The smallest absolute Gasteiger partial charge is 0.325 e. The summed E-state index contributed by atoms with van der Waals surface area (Å²) in [6.07, 6.45) is -0.497. The first-order valence-corrected chi connectivity index (χ1v) is 10.4. The van der Waals surface area contributed by atoms with E-state index in [-0.39, 0.29) is 5.91 Å². The van der Waals surface area contributed by atoms with E-state index in [2.05, 4.69) is 46.3 Å². The van der Waals surface area contributed by atoms with Gasteiger partial charge < -0.3 is 19.4 Å².